The molecule has 0 amide bonds. The lowest BCUT2D eigenvalue weighted by Crippen LogP contribution is -2.25. The molecule has 0 aliphatic heterocycles. The number of ketones is 2. The van der Waals surface area contributed by atoms with Crippen molar-refractivity contribution in [2.45, 2.75) is 20.8 Å². The largest absolute Gasteiger partial charge is 0.299 e. The van der Waals surface area contributed by atoms with Crippen molar-refractivity contribution >= 4 is 17.3 Å². The van der Waals surface area contributed by atoms with Gasteiger partial charge in [-0.1, -0.05) is 26.0 Å². The van der Waals surface area contributed by atoms with Gasteiger partial charge in [-0.25, -0.2) is 0 Å². The number of Topliss-reactive ketones (excluding diaryl/α,β-unsaturated/α-hetero) is 2. The molecule has 0 bridgehead atoms. The van der Waals surface area contributed by atoms with Gasteiger partial charge in [0.25, 0.3) is 5.69 Å². The Morgan fingerprint density at radius 1 is 1.22 bits per heavy atom. The molecule has 0 N–H and O–H groups in total. The molecule has 0 spiro atoms. The second-order valence-electron chi connectivity index (χ2n) is 4.45. The fraction of sp³-hybridized carbons (Fsp3) is 0.385. The van der Waals surface area contributed by atoms with E-state index in [0.717, 1.165) is 0 Å². The van der Waals surface area contributed by atoms with Gasteiger partial charge in [0.2, 0.25) is 0 Å². The molecule has 0 radical (unpaired) electrons. The minimum absolute atomic E-state index is 0.148. The minimum atomic E-state index is -0.771. The van der Waals surface area contributed by atoms with Crippen molar-refractivity contribution in [3.63, 3.8) is 0 Å². The Labute approximate surface area is 105 Å². The van der Waals surface area contributed by atoms with Gasteiger partial charge in [0, 0.05) is 23.6 Å². The first-order valence-corrected chi connectivity index (χ1v) is 5.67. The molecule has 0 aliphatic rings. The molecular formula is C13H15NO4. The number of non-ortho nitro benzene ring substituents is 1. The van der Waals surface area contributed by atoms with Crippen molar-refractivity contribution in [2.75, 3.05) is 0 Å². The van der Waals surface area contributed by atoms with Crippen LogP contribution in [-0.2, 0) is 4.79 Å². The van der Waals surface area contributed by atoms with Gasteiger partial charge < -0.3 is 0 Å². The van der Waals surface area contributed by atoms with Crippen LogP contribution in [0.3, 0.4) is 0 Å². The average molecular weight is 249 g/mol. The minimum Gasteiger partial charge on any atom is -0.299 e. The lowest BCUT2D eigenvalue weighted by atomic mass is 9.90. The Morgan fingerprint density at radius 3 is 2.33 bits per heavy atom. The van der Waals surface area contributed by atoms with Crippen molar-refractivity contribution in [1.29, 1.82) is 0 Å². The Morgan fingerprint density at radius 2 is 1.83 bits per heavy atom. The Bertz CT molecular complexity index is 494. The van der Waals surface area contributed by atoms with Crippen LogP contribution in [0.15, 0.2) is 24.3 Å². The molecule has 5 heteroatoms. The van der Waals surface area contributed by atoms with E-state index < -0.39 is 10.8 Å². The third-order valence-corrected chi connectivity index (χ3v) is 2.73. The summed E-state index contributed by atoms with van der Waals surface area (Å²) in [5.74, 6) is -1.54. The summed E-state index contributed by atoms with van der Waals surface area (Å²) in [5, 5.41) is 10.6. The van der Waals surface area contributed by atoms with Crippen LogP contribution >= 0.6 is 0 Å². The molecule has 0 aromatic heterocycles. The first-order valence-electron chi connectivity index (χ1n) is 5.67. The number of rotatable bonds is 5. The molecule has 1 atom stereocenters. The Kier molecular flexibility index (Phi) is 4.31. The van der Waals surface area contributed by atoms with E-state index in [1.165, 1.54) is 31.2 Å². The zero-order chi connectivity index (χ0) is 13.9. The highest BCUT2D eigenvalue weighted by Gasteiger charge is 2.25. The lowest BCUT2D eigenvalue weighted by Gasteiger charge is -2.11. The van der Waals surface area contributed by atoms with Crippen molar-refractivity contribution < 1.29 is 14.5 Å². The summed E-state index contributed by atoms with van der Waals surface area (Å²) in [5.41, 5.74) is 0.0516. The summed E-state index contributed by atoms with van der Waals surface area (Å²) in [4.78, 5) is 33.8. The quantitative estimate of drug-likeness (QED) is 0.348. The Balaban J connectivity index is 3.00. The van der Waals surface area contributed by atoms with Gasteiger partial charge in [0.05, 0.1) is 10.8 Å². The van der Waals surface area contributed by atoms with E-state index in [-0.39, 0.29) is 28.7 Å². The summed E-state index contributed by atoms with van der Waals surface area (Å²) >= 11 is 0. The molecule has 18 heavy (non-hydrogen) atoms. The topological polar surface area (TPSA) is 77.3 Å². The van der Waals surface area contributed by atoms with Gasteiger partial charge in [0.1, 0.15) is 5.78 Å². The summed E-state index contributed by atoms with van der Waals surface area (Å²) in [6, 6.07) is 5.44. The molecule has 0 saturated carbocycles. The molecule has 5 nitrogen and oxygen atoms in total. The number of nitro groups is 1. The highest BCUT2D eigenvalue weighted by molar-refractivity contribution is 6.11. The lowest BCUT2D eigenvalue weighted by molar-refractivity contribution is -0.384. The fourth-order valence-corrected chi connectivity index (χ4v) is 1.65. The fourth-order valence-electron chi connectivity index (χ4n) is 1.65. The molecule has 0 fully saturated rings. The monoisotopic (exact) mass is 249 g/mol. The van der Waals surface area contributed by atoms with Crippen LogP contribution in [0.1, 0.15) is 31.1 Å². The van der Waals surface area contributed by atoms with Crippen LogP contribution in [0.25, 0.3) is 0 Å². The molecule has 1 rings (SSSR count). The van der Waals surface area contributed by atoms with E-state index in [1.807, 2.05) is 0 Å². The second-order valence-corrected chi connectivity index (χ2v) is 4.45. The molecular weight excluding hydrogens is 234 g/mol. The van der Waals surface area contributed by atoms with Crippen molar-refractivity contribution in [3.8, 4) is 0 Å². The van der Waals surface area contributed by atoms with Crippen molar-refractivity contribution in [1.82, 2.24) is 0 Å². The van der Waals surface area contributed by atoms with Gasteiger partial charge >= 0.3 is 0 Å². The van der Waals surface area contributed by atoms with Crippen molar-refractivity contribution in [2.24, 2.45) is 11.8 Å². The number of nitrogens with zero attached hydrogens (tertiary/aromatic N) is 1. The average Bonchev–Trinajstić information content (AvgIpc) is 2.36. The maximum atomic E-state index is 12.0. The third kappa shape index (κ3) is 3.00. The van der Waals surface area contributed by atoms with E-state index in [9.17, 15) is 19.7 Å². The predicted octanol–water partition coefficient (Wildman–Crippen LogP) is 2.64. The van der Waals surface area contributed by atoms with Crippen molar-refractivity contribution in [3.05, 3.63) is 39.9 Å². The second kappa shape index (κ2) is 5.53. The highest BCUT2D eigenvalue weighted by atomic mass is 16.6. The van der Waals surface area contributed by atoms with E-state index in [4.69, 9.17) is 0 Å². The number of hydrogen-bond donors (Lipinski definition) is 0. The summed E-state index contributed by atoms with van der Waals surface area (Å²) in [7, 11) is 0. The number of nitro benzene ring substituents is 1. The maximum absolute atomic E-state index is 12.0. The standard InChI is InChI=1S/C13H15NO4/c1-8(2)12(15)9(3)13(16)10-5-4-6-11(7-10)14(17)18/h4-9H,1-3H3. The zero-order valence-electron chi connectivity index (χ0n) is 10.5. The SMILES string of the molecule is CC(C)C(=O)C(C)C(=O)c1cccc([N+](=O)[O-])c1. The van der Waals surface area contributed by atoms with Gasteiger partial charge in [0.15, 0.2) is 5.78 Å². The summed E-state index contributed by atoms with van der Waals surface area (Å²) in [6.45, 7) is 4.97. The third-order valence-electron chi connectivity index (χ3n) is 2.73. The van der Waals surface area contributed by atoms with Gasteiger partial charge in [-0.05, 0) is 6.92 Å². The van der Waals surface area contributed by atoms with Crippen LogP contribution in [0.2, 0.25) is 0 Å². The zero-order valence-corrected chi connectivity index (χ0v) is 10.5. The maximum Gasteiger partial charge on any atom is 0.270 e. The molecule has 0 heterocycles. The number of benzene rings is 1. The van der Waals surface area contributed by atoms with Gasteiger partial charge in [-0.3, -0.25) is 19.7 Å². The normalized spacial score (nSPS) is 12.2. The molecule has 1 aromatic carbocycles. The molecule has 96 valence electrons. The van der Waals surface area contributed by atoms with Crippen LogP contribution in [0.5, 0.6) is 0 Å². The predicted molar refractivity (Wildman–Crippen MR) is 66.4 cm³/mol. The summed E-state index contributed by atoms with van der Waals surface area (Å²) < 4.78 is 0. The first kappa shape index (κ1) is 14.0. The van der Waals surface area contributed by atoms with Crippen LogP contribution in [-0.4, -0.2) is 16.5 Å². The van der Waals surface area contributed by atoms with Crippen LogP contribution in [0, 0.1) is 22.0 Å². The number of hydrogen-bond acceptors (Lipinski definition) is 4. The molecule has 0 aliphatic carbocycles. The number of carbonyl (C=O) groups is 2. The molecule has 1 aromatic rings. The highest BCUT2D eigenvalue weighted by Crippen LogP contribution is 2.18. The van der Waals surface area contributed by atoms with Gasteiger partial charge in [-0.15, -0.1) is 0 Å². The summed E-state index contributed by atoms with van der Waals surface area (Å²) in [6.07, 6.45) is 0. The van der Waals surface area contributed by atoms with E-state index >= 15 is 0 Å². The molecule has 0 saturated heterocycles. The van der Waals surface area contributed by atoms with Crippen LogP contribution < -0.4 is 0 Å². The molecule has 1 unspecified atom stereocenters. The first-order chi connectivity index (χ1) is 8.34. The Hall–Kier alpha value is -2.04. The van der Waals surface area contributed by atoms with E-state index in [2.05, 4.69) is 0 Å². The van der Waals surface area contributed by atoms with Crippen LogP contribution in [0.4, 0.5) is 5.69 Å². The number of carbonyl (C=O) groups excluding carboxylic acids is 2. The van der Waals surface area contributed by atoms with E-state index in [0.29, 0.717) is 0 Å². The van der Waals surface area contributed by atoms with Gasteiger partial charge in [-0.2, -0.15) is 0 Å². The smallest absolute Gasteiger partial charge is 0.270 e. The van der Waals surface area contributed by atoms with E-state index in [1.54, 1.807) is 13.8 Å².